The summed E-state index contributed by atoms with van der Waals surface area (Å²) < 4.78 is 41.2. The quantitative estimate of drug-likeness (QED) is 0.0777. The smallest absolute Gasteiger partial charge is 0.410 e. The molecule has 2 aliphatic carbocycles. The number of allylic oxidation sites excluding steroid dienone is 1. The summed E-state index contributed by atoms with van der Waals surface area (Å²) in [5.41, 5.74) is 2.82. The van der Waals surface area contributed by atoms with Crippen molar-refractivity contribution in [3.05, 3.63) is 83.7 Å². The molecule has 0 saturated heterocycles. The van der Waals surface area contributed by atoms with Crippen molar-refractivity contribution in [2.45, 2.75) is 110 Å². The van der Waals surface area contributed by atoms with Crippen molar-refractivity contribution < 1.29 is 43.2 Å². The summed E-state index contributed by atoms with van der Waals surface area (Å²) in [5, 5.41) is 24.4. The first-order valence-corrected chi connectivity index (χ1v) is 20.5. The van der Waals surface area contributed by atoms with Gasteiger partial charge in [0.25, 0.3) is 0 Å². The van der Waals surface area contributed by atoms with Crippen LogP contribution in [0.3, 0.4) is 0 Å². The number of benzene rings is 2. The van der Waals surface area contributed by atoms with Gasteiger partial charge in [-0.25, -0.2) is 9.18 Å². The largest absolute Gasteiger partial charge is 0.489 e. The molecule has 0 spiro atoms. The summed E-state index contributed by atoms with van der Waals surface area (Å²) in [6.07, 6.45) is 9.16. The van der Waals surface area contributed by atoms with Gasteiger partial charge in [0.1, 0.15) is 36.6 Å². The average Bonchev–Trinajstić information content (AvgIpc) is 3.18. The maximum Gasteiger partial charge on any atom is 0.410 e. The van der Waals surface area contributed by atoms with Crippen molar-refractivity contribution in [1.29, 1.82) is 0 Å². The van der Waals surface area contributed by atoms with Crippen molar-refractivity contribution in [2.75, 3.05) is 39.6 Å². The lowest BCUT2D eigenvalue weighted by Gasteiger charge is -2.60. The minimum absolute atomic E-state index is 0.0531. The van der Waals surface area contributed by atoms with Gasteiger partial charge in [-0.3, -0.25) is 4.90 Å². The average molecular weight is 779 g/mol. The summed E-state index contributed by atoms with van der Waals surface area (Å²) in [6, 6.07) is 11.7. The minimum atomic E-state index is -1.38. The highest BCUT2D eigenvalue weighted by atomic mass is 19.1. The third kappa shape index (κ3) is 9.95. The van der Waals surface area contributed by atoms with Crippen molar-refractivity contribution >= 4 is 11.8 Å². The molecule has 56 heavy (non-hydrogen) atoms. The maximum absolute atomic E-state index is 14.7. The molecular weight excluding hydrogens is 715 g/mol. The standard InChI is InChI=1S/C45H63FN2O8/c1-7-22-48(43(51)53-30-44(4,5)6)40-28-38(47-55-9-3)35-26-31(16-12-14-23-49)34(18-13-15-24-50)41-36-27-33(52-29-32-17-10-11-19-37(32)46)20-21-39(36)56-45(40,42(35)41)54-25-8-2/h8,10-11,17,19-21,26-27,31,34,40-42,49-50H,2,7,9,12-16,18,22-25,28-30H2,1,3-6H3/t31-,34+,40-,41+,42+,45+/m0/s1. The van der Waals surface area contributed by atoms with Gasteiger partial charge < -0.3 is 34.0 Å². The van der Waals surface area contributed by atoms with E-state index in [9.17, 15) is 19.4 Å². The van der Waals surface area contributed by atoms with E-state index in [1.54, 1.807) is 29.2 Å². The molecule has 6 atom stereocenters. The lowest BCUT2D eigenvalue weighted by molar-refractivity contribution is -0.255. The number of hydrogen-bond acceptors (Lipinski definition) is 9. The molecule has 11 heteroatoms. The van der Waals surface area contributed by atoms with Crippen LogP contribution in [-0.2, 0) is 20.9 Å². The van der Waals surface area contributed by atoms with E-state index in [0.29, 0.717) is 55.9 Å². The zero-order chi connectivity index (χ0) is 40.3. The van der Waals surface area contributed by atoms with Crippen molar-refractivity contribution in [2.24, 2.45) is 28.3 Å². The molecule has 2 aromatic rings. The van der Waals surface area contributed by atoms with E-state index in [1.807, 2.05) is 52.8 Å². The Morgan fingerprint density at radius 2 is 1.84 bits per heavy atom. The summed E-state index contributed by atoms with van der Waals surface area (Å²) in [5.74, 6) is -1.02. The molecule has 1 saturated carbocycles. The lowest BCUT2D eigenvalue weighted by Crippen LogP contribution is -2.70. The first-order chi connectivity index (χ1) is 27.0. The molecule has 0 bridgehead atoms. The molecule has 5 rings (SSSR count). The monoisotopic (exact) mass is 778 g/mol. The number of hydrogen-bond donors (Lipinski definition) is 2. The van der Waals surface area contributed by atoms with Crippen LogP contribution in [0.4, 0.5) is 9.18 Å². The number of carbonyl (C=O) groups excluding carboxylic acids is 1. The Hall–Kier alpha value is -3.93. The maximum atomic E-state index is 14.7. The fourth-order valence-corrected chi connectivity index (χ4v) is 8.63. The number of fused-ring (bicyclic) bond motifs is 2. The van der Waals surface area contributed by atoms with E-state index in [0.717, 1.165) is 42.5 Å². The van der Waals surface area contributed by atoms with E-state index < -0.39 is 23.8 Å². The molecule has 3 aliphatic rings. The van der Waals surface area contributed by atoms with E-state index >= 15 is 0 Å². The van der Waals surface area contributed by atoms with E-state index in [1.165, 1.54) is 6.07 Å². The predicted octanol–water partition coefficient (Wildman–Crippen LogP) is 8.95. The Labute approximate surface area is 332 Å². The summed E-state index contributed by atoms with van der Waals surface area (Å²) in [7, 11) is 0. The Kier molecular flexibility index (Phi) is 15.4. The lowest BCUT2D eigenvalue weighted by atomic mass is 9.55. The molecule has 2 N–H and O–H groups in total. The molecule has 0 aromatic heterocycles. The normalized spacial score (nSPS) is 24.7. The molecule has 1 fully saturated rings. The molecule has 1 amide bonds. The van der Waals surface area contributed by atoms with Gasteiger partial charge in [0.05, 0.1) is 24.8 Å². The Balaban J connectivity index is 1.73. The second-order valence-corrected chi connectivity index (χ2v) is 16.4. The number of nitrogens with zero attached hydrogens (tertiary/aromatic N) is 2. The van der Waals surface area contributed by atoms with Gasteiger partial charge in [-0.1, -0.05) is 76.0 Å². The highest BCUT2D eigenvalue weighted by Crippen LogP contribution is 2.62. The number of aliphatic hydroxyl groups excluding tert-OH is 2. The Bertz CT molecular complexity index is 1670. The molecule has 0 unspecified atom stereocenters. The summed E-state index contributed by atoms with van der Waals surface area (Å²) >= 11 is 0. The summed E-state index contributed by atoms with van der Waals surface area (Å²) in [4.78, 5) is 21.9. The second kappa shape index (κ2) is 20.0. The van der Waals surface area contributed by atoms with Crippen LogP contribution >= 0.6 is 0 Å². The number of aliphatic hydroxyl groups is 2. The fraction of sp³-hybridized carbons (Fsp3) is 0.600. The van der Waals surface area contributed by atoms with Crippen LogP contribution in [0.25, 0.3) is 0 Å². The topological polar surface area (TPSA) is 119 Å². The van der Waals surface area contributed by atoms with Crippen LogP contribution in [0, 0.1) is 29.0 Å². The van der Waals surface area contributed by atoms with Crippen LogP contribution in [-0.4, -0.2) is 78.3 Å². The number of unbranched alkanes of at least 4 members (excludes halogenated alkanes) is 2. The van der Waals surface area contributed by atoms with Crippen LogP contribution < -0.4 is 9.47 Å². The summed E-state index contributed by atoms with van der Waals surface area (Å²) in [6.45, 7) is 15.4. The van der Waals surface area contributed by atoms with Gasteiger partial charge >= 0.3 is 6.09 Å². The molecule has 308 valence electrons. The van der Waals surface area contributed by atoms with E-state index in [4.69, 9.17) is 28.9 Å². The minimum Gasteiger partial charge on any atom is -0.489 e. The zero-order valence-electron chi connectivity index (χ0n) is 34.0. The fourth-order valence-electron chi connectivity index (χ4n) is 8.63. The van der Waals surface area contributed by atoms with Gasteiger partial charge in [-0.15, -0.1) is 6.58 Å². The SMILES string of the molecule is C=CCO[C@@]12Oc3ccc(OCc4ccccc4F)cc3[C@H]3[C@H](CCCCO)[C@@H](CCCCO)C=C(C(=NOCC)C[C@@H]1N(CCC)C(=O)OCC(C)(C)C)[C@H]32. The number of halogens is 1. The van der Waals surface area contributed by atoms with Crippen molar-refractivity contribution in [3.8, 4) is 11.5 Å². The third-order valence-corrected chi connectivity index (χ3v) is 11.0. The van der Waals surface area contributed by atoms with Crippen LogP contribution in [0.5, 0.6) is 11.5 Å². The number of carbonyl (C=O) groups is 1. The van der Waals surface area contributed by atoms with Gasteiger partial charge in [0.2, 0.25) is 5.79 Å². The van der Waals surface area contributed by atoms with Crippen molar-refractivity contribution in [3.63, 3.8) is 0 Å². The molecule has 10 nitrogen and oxygen atoms in total. The molecule has 1 aliphatic heterocycles. The first-order valence-electron chi connectivity index (χ1n) is 20.5. The Morgan fingerprint density at radius 3 is 2.52 bits per heavy atom. The Morgan fingerprint density at radius 1 is 1.09 bits per heavy atom. The van der Waals surface area contributed by atoms with Gasteiger partial charge in [-0.2, -0.15) is 0 Å². The number of ether oxygens (including phenoxy) is 4. The van der Waals surface area contributed by atoms with E-state index in [2.05, 4.69) is 12.7 Å². The molecular formula is C45H63FN2O8. The van der Waals surface area contributed by atoms with Crippen molar-refractivity contribution in [1.82, 2.24) is 4.90 Å². The van der Waals surface area contributed by atoms with Gasteiger partial charge in [0, 0.05) is 43.2 Å². The number of rotatable bonds is 20. The van der Waals surface area contributed by atoms with Gasteiger partial charge in [0.15, 0.2) is 0 Å². The number of amides is 1. The van der Waals surface area contributed by atoms with Crippen LogP contribution in [0.2, 0.25) is 0 Å². The first kappa shape index (κ1) is 43.2. The molecule has 1 heterocycles. The highest BCUT2D eigenvalue weighted by molar-refractivity contribution is 6.03. The van der Waals surface area contributed by atoms with Crippen LogP contribution in [0.15, 0.2) is 71.9 Å². The third-order valence-electron chi connectivity index (χ3n) is 11.0. The van der Waals surface area contributed by atoms with Crippen LogP contribution in [0.1, 0.15) is 103 Å². The number of oxime groups is 1. The van der Waals surface area contributed by atoms with Gasteiger partial charge in [-0.05, 0) is 86.1 Å². The molecule has 0 radical (unpaired) electrons. The highest BCUT2D eigenvalue weighted by Gasteiger charge is 2.65. The second-order valence-electron chi connectivity index (χ2n) is 16.4. The van der Waals surface area contributed by atoms with E-state index in [-0.39, 0.29) is 62.0 Å². The molecule has 2 aromatic carbocycles. The predicted molar refractivity (Wildman–Crippen MR) is 215 cm³/mol. The zero-order valence-corrected chi connectivity index (χ0v) is 34.0.